The molecule has 140 valence electrons. The van der Waals surface area contributed by atoms with Crippen molar-refractivity contribution in [3.63, 3.8) is 0 Å². The van der Waals surface area contributed by atoms with Crippen molar-refractivity contribution < 1.29 is 9.47 Å². The standard InChI is InChI=1S/C20H28N4O2/c1-25-18-12-19(20-21-5-6-22-20)24(15-18)14-17-4-2-3-16(11-17)13-23-7-9-26-10-8-23/h2-6,11,18-19H,7-10,12-15H2,1H3,(H,21,22)/t18-,19?/m1/s1. The fraction of sp³-hybridized carbons (Fsp3) is 0.550. The van der Waals surface area contributed by atoms with E-state index in [1.165, 1.54) is 11.1 Å². The number of benzene rings is 1. The van der Waals surface area contributed by atoms with Crippen LogP contribution in [-0.4, -0.2) is 65.8 Å². The van der Waals surface area contributed by atoms with E-state index in [9.17, 15) is 0 Å². The summed E-state index contributed by atoms with van der Waals surface area (Å²) in [6.45, 7) is 6.59. The Morgan fingerprint density at radius 3 is 2.77 bits per heavy atom. The van der Waals surface area contributed by atoms with E-state index in [0.717, 1.165) is 58.2 Å². The number of ether oxygens (including phenoxy) is 2. The molecular weight excluding hydrogens is 328 g/mol. The van der Waals surface area contributed by atoms with Gasteiger partial charge in [0.25, 0.3) is 0 Å². The number of hydrogen-bond donors (Lipinski definition) is 1. The van der Waals surface area contributed by atoms with Crippen molar-refractivity contribution in [2.24, 2.45) is 0 Å². The molecular formula is C20H28N4O2. The number of hydrogen-bond acceptors (Lipinski definition) is 5. The Bertz CT molecular complexity index is 685. The summed E-state index contributed by atoms with van der Waals surface area (Å²) in [6.07, 6.45) is 4.98. The van der Waals surface area contributed by atoms with Gasteiger partial charge in [0.05, 0.1) is 25.4 Å². The molecule has 26 heavy (non-hydrogen) atoms. The maximum absolute atomic E-state index is 5.63. The third-order valence-corrected chi connectivity index (χ3v) is 5.42. The van der Waals surface area contributed by atoms with Crippen LogP contribution in [0.25, 0.3) is 0 Å². The molecule has 6 nitrogen and oxygen atoms in total. The number of imidazole rings is 1. The Balaban J connectivity index is 1.44. The largest absolute Gasteiger partial charge is 0.380 e. The normalized spacial score (nSPS) is 25.0. The zero-order chi connectivity index (χ0) is 17.8. The average Bonchev–Trinajstić information content (AvgIpc) is 3.32. The Hall–Kier alpha value is -1.73. The van der Waals surface area contributed by atoms with Gasteiger partial charge in [-0.2, -0.15) is 0 Å². The molecule has 0 saturated carbocycles. The average molecular weight is 356 g/mol. The van der Waals surface area contributed by atoms with Gasteiger partial charge in [-0.15, -0.1) is 0 Å². The van der Waals surface area contributed by atoms with Crippen LogP contribution in [0.5, 0.6) is 0 Å². The van der Waals surface area contributed by atoms with E-state index in [1.54, 1.807) is 7.11 Å². The van der Waals surface area contributed by atoms with Crippen molar-refractivity contribution in [3.8, 4) is 0 Å². The Morgan fingerprint density at radius 2 is 2.04 bits per heavy atom. The molecule has 0 radical (unpaired) electrons. The summed E-state index contributed by atoms with van der Waals surface area (Å²) in [5.41, 5.74) is 2.73. The second-order valence-corrected chi connectivity index (χ2v) is 7.22. The van der Waals surface area contributed by atoms with Crippen LogP contribution in [-0.2, 0) is 22.6 Å². The number of nitrogens with zero attached hydrogens (tertiary/aromatic N) is 3. The molecule has 1 aromatic heterocycles. The summed E-state index contributed by atoms with van der Waals surface area (Å²) in [6, 6.07) is 9.26. The SMILES string of the molecule is CO[C@@H]1CC(c2ncc[nH]2)N(Cc2cccc(CN3CCOCC3)c2)C1. The number of rotatable bonds is 6. The predicted octanol–water partition coefficient (Wildman–Crippen LogP) is 2.20. The number of nitrogens with one attached hydrogen (secondary N) is 1. The van der Waals surface area contributed by atoms with Crippen LogP contribution in [0.2, 0.25) is 0 Å². The molecule has 2 aliphatic rings. The van der Waals surface area contributed by atoms with Gasteiger partial charge in [0.15, 0.2) is 0 Å². The lowest BCUT2D eigenvalue weighted by Crippen LogP contribution is -2.35. The first-order valence-corrected chi connectivity index (χ1v) is 9.46. The molecule has 2 aliphatic heterocycles. The molecule has 0 spiro atoms. The third kappa shape index (κ3) is 4.15. The van der Waals surface area contributed by atoms with Gasteiger partial charge in [0.2, 0.25) is 0 Å². The maximum atomic E-state index is 5.63. The first-order chi connectivity index (χ1) is 12.8. The van der Waals surface area contributed by atoms with E-state index in [-0.39, 0.29) is 12.1 Å². The van der Waals surface area contributed by atoms with Gasteiger partial charge in [-0.05, 0) is 17.5 Å². The molecule has 1 aromatic carbocycles. The summed E-state index contributed by atoms with van der Waals surface area (Å²) in [5.74, 6) is 1.04. The molecule has 0 amide bonds. The second kappa shape index (κ2) is 8.31. The van der Waals surface area contributed by atoms with Crippen LogP contribution in [0.4, 0.5) is 0 Å². The quantitative estimate of drug-likeness (QED) is 0.860. The van der Waals surface area contributed by atoms with Crippen molar-refractivity contribution in [2.75, 3.05) is 40.0 Å². The highest BCUT2D eigenvalue weighted by Crippen LogP contribution is 2.32. The summed E-state index contributed by atoms with van der Waals surface area (Å²) < 4.78 is 11.1. The number of likely N-dealkylation sites (tertiary alicyclic amines) is 1. The molecule has 4 rings (SSSR count). The van der Waals surface area contributed by atoms with E-state index in [0.29, 0.717) is 0 Å². The van der Waals surface area contributed by atoms with E-state index < -0.39 is 0 Å². The highest BCUT2D eigenvalue weighted by Gasteiger charge is 2.34. The van der Waals surface area contributed by atoms with Gasteiger partial charge in [0.1, 0.15) is 5.82 Å². The first kappa shape index (κ1) is 17.7. The maximum Gasteiger partial charge on any atom is 0.123 e. The number of aromatic amines is 1. The van der Waals surface area contributed by atoms with Gasteiger partial charge < -0.3 is 14.5 Å². The first-order valence-electron chi connectivity index (χ1n) is 9.46. The van der Waals surface area contributed by atoms with Crippen molar-refractivity contribution in [1.29, 1.82) is 0 Å². The van der Waals surface area contributed by atoms with Crippen LogP contribution >= 0.6 is 0 Å². The van der Waals surface area contributed by atoms with E-state index in [2.05, 4.69) is 44.0 Å². The van der Waals surface area contributed by atoms with Crippen LogP contribution < -0.4 is 0 Å². The number of aromatic nitrogens is 2. The lowest BCUT2D eigenvalue weighted by atomic mass is 10.1. The highest BCUT2D eigenvalue weighted by atomic mass is 16.5. The summed E-state index contributed by atoms with van der Waals surface area (Å²) in [4.78, 5) is 12.7. The van der Waals surface area contributed by atoms with E-state index in [1.807, 2.05) is 12.4 Å². The van der Waals surface area contributed by atoms with Gasteiger partial charge >= 0.3 is 0 Å². The van der Waals surface area contributed by atoms with Crippen molar-refractivity contribution in [1.82, 2.24) is 19.8 Å². The lowest BCUT2D eigenvalue weighted by molar-refractivity contribution is 0.0342. The number of morpholine rings is 1. The molecule has 2 atom stereocenters. The molecule has 1 N–H and O–H groups in total. The summed E-state index contributed by atoms with van der Waals surface area (Å²) in [5, 5.41) is 0. The molecule has 2 fully saturated rings. The second-order valence-electron chi connectivity index (χ2n) is 7.22. The minimum Gasteiger partial charge on any atom is -0.380 e. The molecule has 2 aromatic rings. The van der Waals surface area contributed by atoms with Crippen molar-refractivity contribution in [3.05, 3.63) is 53.6 Å². The Morgan fingerprint density at radius 1 is 1.23 bits per heavy atom. The third-order valence-electron chi connectivity index (χ3n) is 5.42. The van der Waals surface area contributed by atoms with Gasteiger partial charge in [-0.25, -0.2) is 4.98 Å². The zero-order valence-electron chi connectivity index (χ0n) is 15.4. The molecule has 3 heterocycles. The van der Waals surface area contributed by atoms with Gasteiger partial charge in [-0.1, -0.05) is 24.3 Å². The molecule has 0 aliphatic carbocycles. The number of H-pyrrole nitrogens is 1. The van der Waals surface area contributed by atoms with Crippen LogP contribution in [0.15, 0.2) is 36.7 Å². The fourth-order valence-electron chi connectivity index (χ4n) is 4.03. The smallest absolute Gasteiger partial charge is 0.123 e. The van der Waals surface area contributed by atoms with Crippen molar-refractivity contribution >= 4 is 0 Å². The molecule has 1 unspecified atom stereocenters. The lowest BCUT2D eigenvalue weighted by Gasteiger charge is -2.27. The number of methoxy groups -OCH3 is 1. The molecule has 0 bridgehead atoms. The summed E-state index contributed by atoms with van der Waals surface area (Å²) in [7, 11) is 1.80. The van der Waals surface area contributed by atoms with Crippen LogP contribution in [0, 0.1) is 0 Å². The highest BCUT2D eigenvalue weighted by molar-refractivity contribution is 5.24. The predicted molar refractivity (Wildman–Crippen MR) is 99.7 cm³/mol. The van der Waals surface area contributed by atoms with E-state index in [4.69, 9.17) is 9.47 Å². The van der Waals surface area contributed by atoms with Crippen LogP contribution in [0.3, 0.4) is 0 Å². The Kier molecular flexibility index (Phi) is 5.65. The van der Waals surface area contributed by atoms with Gasteiger partial charge in [-0.3, -0.25) is 9.80 Å². The minimum atomic E-state index is 0.265. The summed E-state index contributed by atoms with van der Waals surface area (Å²) >= 11 is 0. The topological polar surface area (TPSA) is 53.6 Å². The zero-order valence-corrected chi connectivity index (χ0v) is 15.4. The Labute approximate surface area is 155 Å². The molecule has 2 saturated heterocycles. The van der Waals surface area contributed by atoms with Gasteiger partial charge in [0, 0.05) is 52.2 Å². The van der Waals surface area contributed by atoms with E-state index >= 15 is 0 Å². The van der Waals surface area contributed by atoms with Crippen molar-refractivity contribution in [2.45, 2.75) is 31.7 Å². The monoisotopic (exact) mass is 356 g/mol. The minimum absolute atomic E-state index is 0.265. The van der Waals surface area contributed by atoms with Crippen LogP contribution in [0.1, 0.15) is 29.4 Å². The fourth-order valence-corrected chi connectivity index (χ4v) is 4.03. The molecule has 6 heteroatoms.